The molecule has 2 fully saturated rings. The van der Waals surface area contributed by atoms with Crippen LogP contribution < -0.4 is 5.32 Å². The van der Waals surface area contributed by atoms with Gasteiger partial charge in [0.25, 0.3) is 0 Å². The average molecular weight is 297 g/mol. The number of carbonyl (C=O) groups is 1. The molecule has 1 aliphatic heterocycles. The number of hydrogen-bond acceptors (Lipinski definition) is 3. The molecule has 0 radical (unpaired) electrons. The number of hydrogen-bond donors (Lipinski definition) is 2. The van der Waals surface area contributed by atoms with Crippen molar-refractivity contribution < 1.29 is 9.90 Å². The fourth-order valence-electron chi connectivity index (χ4n) is 5.17. The summed E-state index contributed by atoms with van der Waals surface area (Å²) in [5, 5.41) is 14.3. The van der Waals surface area contributed by atoms with E-state index in [1.807, 2.05) is 12.1 Å². The van der Waals surface area contributed by atoms with Crippen molar-refractivity contribution in [3.05, 3.63) is 41.5 Å². The van der Waals surface area contributed by atoms with Crippen LogP contribution in [0.5, 0.6) is 5.75 Å². The van der Waals surface area contributed by atoms with E-state index in [0.29, 0.717) is 36.3 Å². The van der Waals surface area contributed by atoms with Crippen LogP contribution in [0.3, 0.4) is 0 Å². The third-order valence-electron chi connectivity index (χ3n) is 6.10. The molecule has 1 saturated carbocycles. The largest absolute Gasteiger partial charge is 0.507 e. The highest BCUT2D eigenvalue weighted by atomic mass is 16.3. The zero-order valence-corrected chi connectivity index (χ0v) is 12.9. The van der Waals surface area contributed by atoms with Gasteiger partial charge in [-0.15, -0.1) is 6.58 Å². The lowest BCUT2D eigenvalue weighted by Gasteiger charge is -2.54. The number of benzene rings is 1. The van der Waals surface area contributed by atoms with Crippen LogP contribution >= 0.6 is 0 Å². The molecule has 0 aromatic heterocycles. The van der Waals surface area contributed by atoms with E-state index in [0.717, 1.165) is 48.9 Å². The summed E-state index contributed by atoms with van der Waals surface area (Å²) in [6, 6.07) is 4.44. The smallest absolute Gasteiger partial charge is 0.143 e. The Balaban J connectivity index is 1.92. The molecule has 0 unspecified atom stereocenters. The first-order valence-electron chi connectivity index (χ1n) is 8.40. The molecule has 1 aromatic carbocycles. The van der Waals surface area contributed by atoms with E-state index >= 15 is 0 Å². The molecule has 2 aliphatic carbocycles. The van der Waals surface area contributed by atoms with Gasteiger partial charge in [-0.3, -0.25) is 4.79 Å². The second-order valence-corrected chi connectivity index (χ2v) is 7.00. The summed E-state index contributed by atoms with van der Waals surface area (Å²) in [7, 11) is 0. The molecule has 2 bridgehead atoms. The van der Waals surface area contributed by atoms with Gasteiger partial charge in [-0.05, 0) is 61.3 Å². The first kappa shape index (κ1) is 14.0. The van der Waals surface area contributed by atoms with E-state index < -0.39 is 0 Å². The molecule has 4 rings (SSSR count). The van der Waals surface area contributed by atoms with Gasteiger partial charge < -0.3 is 10.4 Å². The van der Waals surface area contributed by atoms with E-state index in [2.05, 4.69) is 18.0 Å². The molecule has 2 N–H and O–H groups in total. The first-order chi connectivity index (χ1) is 10.7. The van der Waals surface area contributed by atoms with Gasteiger partial charge in [-0.2, -0.15) is 0 Å². The Labute approximate surface area is 131 Å². The molecule has 22 heavy (non-hydrogen) atoms. The van der Waals surface area contributed by atoms with Crippen molar-refractivity contribution in [2.75, 3.05) is 6.54 Å². The van der Waals surface area contributed by atoms with E-state index in [1.54, 1.807) is 0 Å². The molecule has 116 valence electrons. The van der Waals surface area contributed by atoms with Crippen LogP contribution in [0.4, 0.5) is 0 Å². The number of Topliss-reactive ketones (excluding diaryl/α,β-unsaturated/α-hetero) is 1. The summed E-state index contributed by atoms with van der Waals surface area (Å²) in [5.74, 6) is 1.19. The van der Waals surface area contributed by atoms with E-state index in [9.17, 15) is 9.90 Å². The molecule has 3 nitrogen and oxygen atoms in total. The van der Waals surface area contributed by atoms with Crippen molar-refractivity contribution in [3.63, 3.8) is 0 Å². The molecule has 1 aromatic rings. The summed E-state index contributed by atoms with van der Waals surface area (Å²) in [6.07, 6.45) is 7.03. The van der Waals surface area contributed by atoms with Gasteiger partial charge >= 0.3 is 0 Å². The maximum atomic E-state index is 12.9. The van der Waals surface area contributed by atoms with E-state index in [1.165, 1.54) is 0 Å². The Kier molecular flexibility index (Phi) is 3.15. The van der Waals surface area contributed by atoms with Crippen LogP contribution in [-0.4, -0.2) is 23.5 Å². The topological polar surface area (TPSA) is 49.3 Å². The van der Waals surface area contributed by atoms with Gasteiger partial charge in [0.1, 0.15) is 11.5 Å². The highest BCUT2D eigenvalue weighted by Gasteiger charge is 2.56. The number of piperidine rings is 1. The number of ketones is 1. The lowest BCUT2D eigenvalue weighted by Crippen LogP contribution is -2.62. The summed E-state index contributed by atoms with van der Waals surface area (Å²) < 4.78 is 0. The number of fused-ring (bicyclic) bond motifs is 1. The third kappa shape index (κ3) is 1.69. The summed E-state index contributed by atoms with van der Waals surface area (Å²) >= 11 is 0. The quantitative estimate of drug-likeness (QED) is 0.825. The van der Waals surface area contributed by atoms with Crippen LogP contribution in [0.1, 0.15) is 42.4 Å². The van der Waals surface area contributed by atoms with Crippen LogP contribution in [0.15, 0.2) is 24.8 Å². The fourth-order valence-corrected chi connectivity index (χ4v) is 5.17. The lowest BCUT2D eigenvalue weighted by atomic mass is 9.52. The second kappa shape index (κ2) is 4.95. The maximum Gasteiger partial charge on any atom is 0.143 e. The van der Waals surface area contributed by atoms with Gasteiger partial charge in [0.05, 0.1) is 5.41 Å². The lowest BCUT2D eigenvalue weighted by molar-refractivity contribution is -0.132. The third-order valence-corrected chi connectivity index (χ3v) is 6.10. The summed E-state index contributed by atoms with van der Waals surface area (Å²) in [6.45, 7) is 4.67. The predicted molar refractivity (Wildman–Crippen MR) is 86.1 cm³/mol. The molecular weight excluding hydrogens is 274 g/mol. The number of allylic oxidation sites excluding steroid dienone is 1. The zero-order valence-electron chi connectivity index (χ0n) is 12.9. The molecule has 3 atom stereocenters. The average Bonchev–Trinajstić information content (AvgIpc) is 2.51. The number of phenols is 1. The number of phenolic OH excluding ortho intramolecular Hbond substituents is 1. The SMILES string of the molecule is C=CCc1ccc2c(c1O)C[C@H]1NCC[C@@]23C(=O)CCC[C@@H]13. The predicted octanol–water partition coefficient (Wildman–Crippen LogP) is 2.65. The Morgan fingerprint density at radius 3 is 3.14 bits per heavy atom. The second-order valence-electron chi connectivity index (χ2n) is 7.00. The van der Waals surface area contributed by atoms with Crippen LogP contribution in [0.25, 0.3) is 0 Å². The highest BCUT2D eigenvalue weighted by molar-refractivity contribution is 5.92. The number of carbonyl (C=O) groups excluding carboxylic acids is 1. The number of rotatable bonds is 2. The van der Waals surface area contributed by atoms with Crippen LogP contribution in [0.2, 0.25) is 0 Å². The van der Waals surface area contributed by atoms with Crippen molar-refractivity contribution in [1.82, 2.24) is 5.32 Å². The molecular formula is C19H23NO2. The summed E-state index contributed by atoms with van der Waals surface area (Å²) in [4.78, 5) is 12.9. The van der Waals surface area contributed by atoms with Gasteiger partial charge in [0.15, 0.2) is 0 Å². The molecule has 0 amide bonds. The Hall–Kier alpha value is -1.61. The minimum Gasteiger partial charge on any atom is -0.507 e. The normalized spacial score (nSPS) is 33.0. The maximum absolute atomic E-state index is 12.9. The van der Waals surface area contributed by atoms with E-state index in [-0.39, 0.29) is 5.41 Å². The Morgan fingerprint density at radius 1 is 1.45 bits per heavy atom. The van der Waals surface area contributed by atoms with Crippen molar-refractivity contribution in [2.24, 2.45) is 5.92 Å². The van der Waals surface area contributed by atoms with Crippen molar-refractivity contribution >= 4 is 5.78 Å². The molecule has 3 aliphatic rings. The van der Waals surface area contributed by atoms with Gasteiger partial charge in [0, 0.05) is 12.5 Å². The molecule has 1 heterocycles. The Morgan fingerprint density at radius 2 is 2.32 bits per heavy atom. The highest BCUT2D eigenvalue weighted by Crippen LogP contribution is 2.53. The molecule has 1 saturated heterocycles. The fraction of sp³-hybridized carbons (Fsp3) is 0.526. The standard InChI is InChI=1S/C19H23NO2/c1-2-4-12-7-8-14-13(18(12)22)11-16-15-5-3-6-17(21)19(14,15)9-10-20-16/h2,7-8,15-16,20,22H,1,3-6,9-11H2/t15-,16+,19+/m0/s1. The Bertz CT molecular complexity index is 651. The van der Waals surface area contributed by atoms with Gasteiger partial charge in [-0.25, -0.2) is 0 Å². The van der Waals surface area contributed by atoms with Crippen molar-refractivity contribution in [3.8, 4) is 5.75 Å². The van der Waals surface area contributed by atoms with Gasteiger partial charge in [-0.1, -0.05) is 18.2 Å². The minimum absolute atomic E-state index is 0.329. The molecule has 0 spiro atoms. The van der Waals surface area contributed by atoms with Crippen LogP contribution in [0, 0.1) is 5.92 Å². The van der Waals surface area contributed by atoms with Crippen molar-refractivity contribution in [1.29, 1.82) is 0 Å². The minimum atomic E-state index is -0.341. The van der Waals surface area contributed by atoms with Crippen LogP contribution in [-0.2, 0) is 23.1 Å². The zero-order chi connectivity index (χ0) is 15.3. The summed E-state index contributed by atoms with van der Waals surface area (Å²) in [5.41, 5.74) is 2.70. The van der Waals surface area contributed by atoms with E-state index in [4.69, 9.17) is 0 Å². The molecule has 3 heteroatoms. The van der Waals surface area contributed by atoms with Gasteiger partial charge in [0.2, 0.25) is 0 Å². The first-order valence-corrected chi connectivity index (χ1v) is 8.40. The monoisotopic (exact) mass is 297 g/mol. The number of aromatic hydroxyl groups is 1. The number of nitrogens with one attached hydrogen (secondary N) is 1. The van der Waals surface area contributed by atoms with Crippen molar-refractivity contribution in [2.45, 2.75) is 50.0 Å².